The average Bonchev–Trinajstić information content (AvgIpc) is 2.77. The standard InChI is InChI=1S/C23H27NO5/c1-27-20-10-9-16(13-21(20)28-2)11-12-24-15-19(23(26)29-3)18(14-22(24)25)17-7-5-4-6-8-17/h4-10,13,18-19H,11-12,14-15H2,1-3H3/t18-,19-/m1/s1. The number of nitrogens with zero attached hydrogens (tertiary/aromatic N) is 1. The predicted octanol–water partition coefficient (Wildman–Crippen LogP) is 3.05. The Morgan fingerprint density at radius 2 is 1.76 bits per heavy atom. The van der Waals surface area contributed by atoms with Gasteiger partial charge in [0.15, 0.2) is 11.5 Å². The fourth-order valence-corrected chi connectivity index (χ4v) is 3.88. The van der Waals surface area contributed by atoms with Crippen LogP contribution >= 0.6 is 0 Å². The van der Waals surface area contributed by atoms with Crippen LogP contribution in [-0.2, 0) is 20.7 Å². The average molecular weight is 397 g/mol. The second-order valence-electron chi connectivity index (χ2n) is 7.13. The first-order valence-corrected chi connectivity index (χ1v) is 9.68. The fourth-order valence-electron chi connectivity index (χ4n) is 3.88. The summed E-state index contributed by atoms with van der Waals surface area (Å²) in [5.74, 6) is 0.578. The molecule has 154 valence electrons. The van der Waals surface area contributed by atoms with Crippen molar-refractivity contribution >= 4 is 11.9 Å². The number of esters is 1. The lowest BCUT2D eigenvalue weighted by Gasteiger charge is -2.37. The topological polar surface area (TPSA) is 65.1 Å². The van der Waals surface area contributed by atoms with Crippen LogP contribution in [0.3, 0.4) is 0 Å². The van der Waals surface area contributed by atoms with Gasteiger partial charge in [-0.2, -0.15) is 0 Å². The van der Waals surface area contributed by atoms with Gasteiger partial charge >= 0.3 is 5.97 Å². The van der Waals surface area contributed by atoms with Crippen molar-refractivity contribution in [2.75, 3.05) is 34.4 Å². The SMILES string of the molecule is COC(=O)[C@@H]1CN(CCc2ccc(OC)c(OC)c2)C(=O)C[C@@H]1c1ccccc1. The van der Waals surface area contributed by atoms with Gasteiger partial charge in [-0.15, -0.1) is 0 Å². The molecule has 0 bridgehead atoms. The molecule has 2 atom stereocenters. The third-order valence-electron chi connectivity index (χ3n) is 5.50. The molecule has 0 aromatic heterocycles. The van der Waals surface area contributed by atoms with Crippen LogP contribution in [0.25, 0.3) is 0 Å². The molecule has 1 aliphatic rings. The first kappa shape index (κ1) is 20.7. The van der Waals surface area contributed by atoms with E-state index in [9.17, 15) is 9.59 Å². The van der Waals surface area contributed by atoms with Crippen LogP contribution in [0.2, 0.25) is 0 Å². The Morgan fingerprint density at radius 1 is 1.03 bits per heavy atom. The monoisotopic (exact) mass is 397 g/mol. The van der Waals surface area contributed by atoms with E-state index in [0.717, 1.165) is 11.1 Å². The summed E-state index contributed by atoms with van der Waals surface area (Å²) in [5, 5.41) is 0. The zero-order valence-corrected chi connectivity index (χ0v) is 17.1. The predicted molar refractivity (Wildman–Crippen MR) is 109 cm³/mol. The number of likely N-dealkylation sites (tertiary alicyclic amines) is 1. The van der Waals surface area contributed by atoms with Crippen molar-refractivity contribution in [3.63, 3.8) is 0 Å². The van der Waals surface area contributed by atoms with Crippen molar-refractivity contribution in [2.45, 2.75) is 18.8 Å². The van der Waals surface area contributed by atoms with E-state index >= 15 is 0 Å². The van der Waals surface area contributed by atoms with Crippen molar-refractivity contribution in [1.29, 1.82) is 0 Å². The second-order valence-corrected chi connectivity index (χ2v) is 7.13. The van der Waals surface area contributed by atoms with Gasteiger partial charge in [-0.1, -0.05) is 36.4 Å². The molecule has 0 radical (unpaired) electrons. The number of hydrogen-bond acceptors (Lipinski definition) is 5. The Bertz CT molecular complexity index is 852. The minimum absolute atomic E-state index is 0.0551. The molecule has 0 spiro atoms. The maximum atomic E-state index is 12.8. The molecule has 1 saturated heterocycles. The summed E-state index contributed by atoms with van der Waals surface area (Å²) < 4.78 is 15.7. The molecule has 1 heterocycles. The van der Waals surface area contributed by atoms with E-state index < -0.39 is 0 Å². The molecule has 29 heavy (non-hydrogen) atoms. The molecule has 2 aromatic carbocycles. The maximum absolute atomic E-state index is 12.8. The lowest BCUT2D eigenvalue weighted by molar-refractivity contribution is -0.151. The van der Waals surface area contributed by atoms with Crippen LogP contribution in [0.1, 0.15) is 23.5 Å². The number of piperidine rings is 1. The Morgan fingerprint density at radius 3 is 2.41 bits per heavy atom. The minimum Gasteiger partial charge on any atom is -0.493 e. The maximum Gasteiger partial charge on any atom is 0.311 e. The summed E-state index contributed by atoms with van der Waals surface area (Å²) in [4.78, 5) is 27.0. The van der Waals surface area contributed by atoms with Gasteiger partial charge in [0, 0.05) is 25.4 Å². The van der Waals surface area contributed by atoms with Gasteiger partial charge in [0.25, 0.3) is 0 Å². The van der Waals surface area contributed by atoms with Gasteiger partial charge in [-0.05, 0) is 29.7 Å². The van der Waals surface area contributed by atoms with Gasteiger partial charge in [0.2, 0.25) is 5.91 Å². The Labute approximate surface area is 171 Å². The summed E-state index contributed by atoms with van der Waals surface area (Å²) in [6.07, 6.45) is 0.964. The zero-order chi connectivity index (χ0) is 20.8. The van der Waals surface area contributed by atoms with Gasteiger partial charge < -0.3 is 19.1 Å². The summed E-state index contributed by atoms with van der Waals surface area (Å²) in [6, 6.07) is 15.4. The van der Waals surface area contributed by atoms with Gasteiger partial charge in [-0.3, -0.25) is 9.59 Å². The van der Waals surface area contributed by atoms with E-state index in [1.165, 1.54) is 7.11 Å². The van der Waals surface area contributed by atoms with Crippen molar-refractivity contribution in [3.05, 3.63) is 59.7 Å². The van der Waals surface area contributed by atoms with Crippen LogP contribution in [0.5, 0.6) is 11.5 Å². The van der Waals surface area contributed by atoms with Gasteiger partial charge in [-0.25, -0.2) is 0 Å². The molecule has 3 rings (SSSR count). The fraction of sp³-hybridized carbons (Fsp3) is 0.391. The van der Waals surface area contributed by atoms with Crippen molar-refractivity contribution in [1.82, 2.24) is 4.90 Å². The number of amides is 1. The van der Waals surface area contributed by atoms with Crippen molar-refractivity contribution in [3.8, 4) is 11.5 Å². The lowest BCUT2D eigenvalue weighted by atomic mass is 9.80. The molecule has 6 nitrogen and oxygen atoms in total. The largest absolute Gasteiger partial charge is 0.493 e. The molecule has 0 unspecified atom stereocenters. The first-order chi connectivity index (χ1) is 14.1. The van der Waals surface area contributed by atoms with E-state index in [1.807, 2.05) is 48.5 Å². The van der Waals surface area contributed by atoms with Crippen LogP contribution < -0.4 is 9.47 Å². The van der Waals surface area contributed by atoms with Crippen molar-refractivity contribution in [2.24, 2.45) is 5.92 Å². The van der Waals surface area contributed by atoms with Gasteiger partial charge in [0.1, 0.15) is 0 Å². The Balaban J connectivity index is 1.72. The third kappa shape index (κ3) is 4.70. The number of carbonyl (C=O) groups excluding carboxylic acids is 2. The summed E-state index contributed by atoms with van der Waals surface area (Å²) in [5.41, 5.74) is 2.03. The summed E-state index contributed by atoms with van der Waals surface area (Å²) >= 11 is 0. The van der Waals surface area contributed by atoms with Crippen LogP contribution in [0, 0.1) is 5.92 Å². The highest BCUT2D eigenvalue weighted by atomic mass is 16.5. The van der Waals surface area contributed by atoms with Crippen LogP contribution in [-0.4, -0.2) is 51.2 Å². The smallest absolute Gasteiger partial charge is 0.311 e. The van der Waals surface area contributed by atoms with Gasteiger partial charge in [0.05, 0.1) is 27.2 Å². The van der Waals surface area contributed by atoms with Crippen LogP contribution in [0.4, 0.5) is 0 Å². The lowest BCUT2D eigenvalue weighted by Crippen LogP contribution is -2.47. The number of methoxy groups -OCH3 is 3. The Kier molecular flexibility index (Phi) is 6.75. The number of rotatable bonds is 7. The molecule has 1 fully saturated rings. The molecule has 1 amide bonds. The molecule has 1 aliphatic heterocycles. The quantitative estimate of drug-likeness (QED) is 0.672. The highest BCUT2D eigenvalue weighted by molar-refractivity contribution is 5.83. The summed E-state index contributed by atoms with van der Waals surface area (Å²) in [7, 11) is 4.59. The minimum atomic E-state index is -0.370. The normalized spacial score (nSPS) is 19.0. The number of hydrogen-bond donors (Lipinski definition) is 0. The molecular formula is C23H27NO5. The highest BCUT2D eigenvalue weighted by Crippen LogP contribution is 2.35. The van der Waals surface area contributed by atoms with E-state index in [0.29, 0.717) is 37.4 Å². The van der Waals surface area contributed by atoms with E-state index in [4.69, 9.17) is 14.2 Å². The first-order valence-electron chi connectivity index (χ1n) is 9.68. The second kappa shape index (κ2) is 9.45. The van der Waals surface area contributed by atoms with E-state index in [-0.39, 0.29) is 23.7 Å². The third-order valence-corrected chi connectivity index (χ3v) is 5.50. The molecule has 0 saturated carbocycles. The van der Waals surface area contributed by atoms with Crippen molar-refractivity contribution < 1.29 is 23.8 Å². The zero-order valence-electron chi connectivity index (χ0n) is 17.1. The van der Waals surface area contributed by atoms with E-state index in [1.54, 1.807) is 19.1 Å². The number of benzene rings is 2. The molecule has 6 heteroatoms. The number of carbonyl (C=O) groups is 2. The van der Waals surface area contributed by atoms with E-state index in [2.05, 4.69) is 0 Å². The molecule has 2 aromatic rings. The highest BCUT2D eigenvalue weighted by Gasteiger charge is 2.39. The number of ether oxygens (including phenoxy) is 3. The molecular weight excluding hydrogens is 370 g/mol. The summed E-state index contributed by atoms with van der Waals surface area (Å²) in [6.45, 7) is 0.891. The Hall–Kier alpha value is -3.02. The van der Waals surface area contributed by atoms with Crippen LogP contribution in [0.15, 0.2) is 48.5 Å². The molecule has 0 N–H and O–H groups in total. The molecule has 0 aliphatic carbocycles.